The summed E-state index contributed by atoms with van der Waals surface area (Å²) in [5, 5.41) is 3.00. The Balaban J connectivity index is 1.25. The molecule has 1 saturated heterocycles. The molecule has 32 heavy (non-hydrogen) atoms. The number of aromatic amines is 1. The fourth-order valence-corrected chi connectivity index (χ4v) is 5.14. The molecule has 2 aliphatic rings. The molecule has 4 heterocycles. The SMILES string of the molecule is O=C(CCCc1ccccc1)Nc1ccc2[nH]cc(C3=CCN4CCCCC4CC3)c2n1. The highest BCUT2D eigenvalue weighted by Crippen LogP contribution is 2.33. The first-order valence-corrected chi connectivity index (χ1v) is 12.0. The van der Waals surface area contributed by atoms with Gasteiger partial charge in [-0.1, -0.05) is 42.8 Å². The maximum Gasteiger partial charge on any atom is 0.225 e. The molecule has 1 amide bonds. The second kappa shape index (κ2) is 9.70. The molecule has 2 N–H and O–H groups in total. The van der Waals surface area contributed by atoms with Crippen molar-refractivity contribution in [2.45, 2.75) is 57.4 Å². The van der Waals surface area contributed by atoms with E-state index in [0.717, 1.165) is 42.9 Å². The Morgan fingerprint density at radius 3 is 2.94 bits per heavy atom. The van der Waals surface area contributed by atoms with Crippen LogP contribution in [0.4, 0.5) is 5.82 Å². The molecule has 2 aliphatic heterocycles. The van der Waals surface area contributed by atoms with Crippen LogP contribution < -0.4 is 5.32 Å². The van der Waals surface area contributed by atoms with Crippen LogP contribution >= 0.6 is 0 Å². The number of aryl methyl sites for hydroxylation is 1. The number of fused-ring (bicyclic) bond motifs is 2. The van der Waals surface area contributed by atoms with Crippen LogP contribution in [0.2, 0.25) is 0 Å². The molecule has 1 aromatic carbocycles. The molecule has 1 unspecified atom stereocenters. The number of anilines is 1. The van der Waals surface area contributed by atoms with E-state index in [-0.39, 0.29) is 5.91 Å². The van der Waals surface area contributed by atoms with Gasteiger partial charge >= 0.3 is 0 Å². The molecule has 0 bridgehead atoms. The van der Waals surface area contributed by atoms with Gasteiger partial charge in [0.15, 0.2) is 0 Å². The number of aromatic nitrogens is 2. The predicted molar refractivity (Wildman–Crippen MR) is 131 cm³/mol. The molecular weight excluding hydrogens is 396 g/mol. The van der Waals surface area contributed by atoms with Gasteiger partial charge in [-0.3, -0.25) is 9.69 Å². The first-order chi connectivity index (χ1) is 15.8. The number of allylic oxidation sites excluding steroid dienone is 1. The van der Waals surface area contributed by atoms with Crippen molar-refractivity contribution >= 4 is 28.3 Å². The lowest BCUT2D eigenvalue weighted by Crippen LogP contribution is -2.38. The quantitative estimate of drug-likeness (QED) is 0.541. The van der Waals surface area contributed by atoms with Crippen LogP contribution in [0.5, 0.6) is 0 Å². The molecule has 1 fully saturated rings. The molecule has 2 aromatic heterocycles. The lowest BCUT2D eigenvalue weighted by atomic mass is 9.96. The van der Waals surface area contributed by atoms with Crippen molar-refractivity contribution in [3.05, 3.63) is 65.9 Å². The van der Waals surface area contributed by atoms with Crippen LogP contribution in [0, 0.1) is 0 Å². The summed E-state index contributed by atoms with van der Waals surface area (Å²) < 4.78 is 0. The summed E-state index contributed by atoms with van der Waals surface area (Å²) in [4.78, 5) is 23.3. The number of hydrogen-bond donors (Lipinski definition) is 2. The third-order valence-corrected chi connectivity index (χ3v) is 6.92. The average Bonchev–Trinajstić information content (AvgIpc) is 3.11. The maximum absolute atomic E-state index is 12.5. The first kappa shape index (κ1) is 21.0. The molecule has 166 valence electrons. The van der Waals surface area contributed by atoms with Crippen molar-refractivity contribution in [2.24, 2.45) is 0 Å². The number of nitrogens with zero attached hydrogens (tertiary/aromatic N) is 2. The normalized spacial score (nSPS) is 19.2. The Morgan fingerprint density at radius 1 is 1.12 bits per heavy atom. The van der Waals surface area contributed by atoms with Gasteiger partial charge in [0.2, 0.25) is 5.91 Å². The van der Waals surface area contributed by atoms with E-state index < -0.39 is 0 Å². The fraction of sp³-hybridized carbons (Fsp3) is 0.407. The minimum Gasteiger partial charge on any atom is -0.359 e. The summed E-state index contributed by atoms with van der Waals surface area (Å²) in [6.07, 6.45) is 13.0. The van der Waals surface area contributed by atoms with Gasteiger partial charge in [-0.05, 0) is 68.3 Å². The lowest BCUT2D eigenvalue weighted by molar-refractivity contribution is -0.116. The molecule has 5 rings (SSSR count). The smallest absolute Gasteiger partial charge is 0.225 e. The van der Waals surface area contributed by atoms with E-state index in [4.69, 9.17) is 4.98 Å². The Morgan fingerprint density at radius 2 is 2.03 bits per heavy atom. The minimum absolute atomic E-state index is 0.0235. The van der Waals surface area contributed by atoms with Gasteiger partial charge in [-0.15, -0.1) is 0 Å². The Bertz CT molecular complexity index is 1100. The summed E-state index contributed by atoms with van der Waals surface area (Å²) in [5.74, 6) is 0.658. The molecule has 0 spiro atoms. The molecule has 3 aromatic rings. The van der Waals surface area contributed by atoms with Gasteiger partial charge in [-0.25, -0.2) is 4.98 Å². The van der Waals surface area contributed by atoms with Crippen molar-refractivity contribution in [1.82, 2.24) is 14.9 Å². The van der Waals surface area contributed by atoms with E-state index in [0.29, 0.717) is 12.2 Å². The molecule has 1 atom stereocenters. The predicted octanol–water partition coefficient (Wildman–Crippen LogP) is 5.56. The Kier molecular flexibility index (Phi) is 6.35. The van der Waals surface area contributed by atoms with Gasteiger partial charge in [0.25, 0.3) is 0 Å². The summed E-state index contributed by atoms with van der Waals surface area (Å²) in [7, 11) is 0. The molecule has 5 heteroatoms. The monoisotopic (exact) mass is 428 g/mol. The second-order valence-electron chi connectivity index (χ2n) is 9.09. The van der Waals surface area contributed by atoms with Crippen molar-refractivity contribution < 1.29 is 4.79 Å². The third-order valence-electron chi connectivity index (χ3n) is 6.92. The number of rotatable bonds is 6. The lowest BCUT2D eigenvalue weighted by Gasteiger charge is -2.33. The van der Waals surface area contributed by atoms with Crippen LogP contribution in [-0.4, -0.2) is 39.9 Å². The molecule has 0 radical (unpaired) electrons. The molecular formula is C27H32N4O. The number of H-pyrrole nitrogens is 1. The highest BCUT2D eigenvalue weighted by Gasteiger charge is 2.25. The van der Waals surface area contributed by atoms with E-state index >= 15 is 0 Å². The number of carbonyl (C=O) groups excluding carboxylic acids is 1. The summed E-state index contributed by atoms with van der Waals surface area (Å²) in [6.45, 7) is 2.26. The molecule has 5 nitrogen and oxygen atoms in total. The number of hydrogen-bond acceptors (Lipinski definition) is 3. The summed E-state index contributed by atoms with van der Waals surface area (Å²) in [5.41, 5.74) is 5.80. The van der Waals surface area contributed by atoms with Crippen LogP contribution in [0.25, 0.3) is 16.6 Å². The molecule has 0 aliphatic carbocycles. The van der Waals surface area contributed by atoms with Crippen molar-refractivity contribution in [2.75, 3.05) is 18.4 Å². The topological polar surface area (TPSA) is 61.0 Å². The third kappa shape index (κ3) is 4.78. The zero-order chi connectivity index (χ0) is 21.8. The van der Waals surface area contributed by atoms with E-state index in [2.05, 4.69) is 39.6 Å². The van der Waals surface area contributed by atoms with Crippen LogP contribution in [0.15, 0.2) is 54.7 Å². The van der Waals surface area contributed by atoms with E-state index in [9.17, 15) is 4.79 Å². The maximum atomic E-state index is 12.5. The number of carbonyl (C=O) groups is 1. The van der Waals surface area contributed by atoms with E-state index in [1.54, 1.807) is 0 Å². The molecule has 0 saturated carbocycles. The number of benzene rings is 1. The average molecular weight is 429 g/mol. The Labute approximate surface area is 189 Å². The van der Waals surface area contributed by atoms with E-state index in [1.807, 2.05) is 30.3 Å². The van der Waals surface area contributed by atoms with Gasteiger partial charge in [0, 0.05) is 30.8 Å². The minimum atomic E-state index is 0.0235. The number of amides is 1. The van der Waals surface area contributed by atoms with Gasteiger partial charge < -0.3 is 10.3 Å². The fourth-order valence-electron chi connectivity index (χ4n) is 5.14. The second-order valence-corrected chi connectivity index (χ2v) is 9.09. The van der Waals surface area contributed by atoms with Crippen molar-refractivity contribution in [3.8, 4) is 0 Å². The number of piperidine rings is 1. The standard InChI is InChI=1S/C27H32N4O/c32-26(11-6-9-20-7-2-1-3-8-20)29-25-15-14-24-27(30-25)23(19-28-24)21-12-13-22-10-4-5-17-31(22)18-16-21/h1-3,7-8,14-16,19,22,28H,4-6,9-13,17-18H2,(H,29,30,32). The summed E-state index contributed by atoms with van der Waals surface area (Å²) >= 11 is 0. The van der Waals surface area contributed by atoms with Crippen LogP contribution in [0.1, 0.15) is 56.1 Å². The number of pyridine rings is 1. The summed E-state index contributed by atoms with van der Waals surface area (Å²) in [6, 6.07) is 14.9. The first-order valence-electron chi connectivity index (χ1n) is 12.0. The highest BCUT2D eigenvalue weighted by atomic mass is 16.1. The van der Waals surface area contributed by atoms with Crippen molar-refractivity contribution in [1.29, 1.82) is 0 Å². The highest BCUT2D eigenvalue weighted by molar-refractivity contribution is 5.94. The number of nitrogens with one attached hydrogen (secondary N) is 2. The van der Waals surface area contributed by atoms with Gasteiger partial charge in [0.05, 0.1) is 11.0 Å². The van der Waals surface area contributed by atoms with Gasteiger partial charge in [0.1, 0.15) is 5.82 Å². The Hall–Kier alpha value is -2.92. The zero-order valence-electron chi connectivity index (χ0n) is 18.6. The van der Waals surface area contributed by atoms with Crippen LogP contribution in [0.3, 0.4) is 0 Å². The van der Waals surface area contributed by atoms with E-state index in [1.165, 1.54) is 48.9 Å². The van der Waals surface area contributed by atoms with Crippen molar-refractivity contribution in [3.63, 3.8) is 0 Å². The zero-order valence-corrected chi connectivity index (χ0v) is 18.6. The van der Waals surface area contributed by atoms with Crippen LogP contribution in [-0.2, 0) is 11.2 Å². The largest absolute Gasteiger partial charge is 0.359 e. The van der Waals surface area contributed by atoms with Gasteiger partial charge in [-0.2, -0.15) is 0 Å².